The van der Waals surface area contributed by atoms with E-state index in [0.717, 1.165) is 6.54 Å². The third-order valence-corrected chi connectivity index (χ3v) is 2.62. The summed E-state index contributed by atoms with van der Waals surface area (Å²) in [5.74, 6) is 0. The number of likely N-dealkylation sites (tertiary alicyclic amines) is 1. The fourth-order valence-corrected chi connectivity index (χ4v) is 1.89. The van der Waals surface area contributed by atoms with E-state index in [-0.39, 0.29) is 18.9 Å². The first-order valence-electron chi connectivity index (χ1n) is 5.13. The molecule has 0 unspecified atom stereocenters. The Bertz CT molecular complexity index is 242. The molecule has 0 spiro atoms. The Hall–Kier alpha value is -0.223. The van der Waals surface area contributed by atoms with Gasteiger partial charge in [-0.25, -0.2) is 0 Å². The third kappa shape index (κ3) is 3.50. The van der Waals surface area contributed by atoms with Crippen molar-refractivity contribution in [1.29, 1.82) is 0 Å². The van der Waals surface area contributed by atoms with Gasteiger partial charge in [0.2, 0.25) is 0 Å². The van der Waals surface area contributed by atoms with E-state index in [4.69, 9.17) is 0 Å². The molecule has 14 heavy (non-hydrogen) atoms. The minimum Gasteiger partial charge on any atom is -0.301 e. The normalized spacial score (nSPS) is 17.4. The maximum atomic E-state index is 3.27. The summed E-state index contributed by atoms with van der Waals surface area (Å²) in [6, 6.07) is 11.6. The number of piperidine rings is 1. The molecule has 0 saturated carbocycles. The van der Waals surface area contributed by atoms with Crippen molar-refractivity contribution < 1.29 is 18.9 Å². The first-order chi connectivity index (χ1) is 6.45. The molecule has 0 bridgehead atoms. The molecule has 1 aliphatic heterocycles. The monoisotopic (exact) mass is 181 g/mol. The Morgan fingerprint density at radius 3 is 2.57 bits per heavy atom. The van der Waals surface area contributed by atoms with Crippen LogP contribution in [0, 0.1) is 6.07 Å². The van der Waals surface area contributed by atoms with E-state index in [1.807, 2.05) is 12.1 Å². The van der Waals surface area contributed by atoms with E-state index in [1.165, 1.54) is 37.9 Å². The molecule has 0 aliphatic carbocycles. The molecule has 1 aliphatic rings. The van der Waals surface area contributed by atoms with Crippen molar-refractivity contribution in [1.82, 2.24) is 4.90 Å². The number of benzene rings is 1. The molecule has 70 valence electrons. The van der Waals surface area contributed by atoms with Crippen molar-refractivity contribution in [3.8, 4) is 0 Å². The number of hydrogen-bond donors (Lipinski definition) is 0. The predicted molar refractivity (Wildman–Crippen MR) is 54.4 cm³/mol. The minimum atomic E-state index is 0. The van der Waals surface area contributed by atoms with Gasteiger partial charge in [0.05, 0.1) is 0 Å². The van der Waals surface area contributed by atoms with Crippen molar-refractivity contribution in [2.75, 3.05) is 13.1 Å². The molecule has 2 heteroatoms. The van der Waals surface area contributed by atoms with Crippen LogP contribution in [-0.2, 0) is 6.54 Å². The van der Waals surface area contributed by atoms with Crippen LogP contribution in [0.4, 0.5) is 0 Å². The topological polar surface area (TPSA) is 3.24 Å². The second kappa shape index (κ2) is 6.30. The van der Waals surface area contributed by atoms with Gasteiger partial charge >= 0.3 is 18.9 Å². The van der Waals surface area contributed by atoms with Crippen LogP contribution in [0.5, 0.6) is 0 Å². The molecule has 1 fully saturated rings. The molecule has 0 N–H and O–H groups in total. The van der Waals surface area contributed by atoms with Gasteiger partial charge in [-0.15, -0.1) is 5.56 Å². The zero-order chi connectivity index (χ0) is 8.93. The first-order valence-corrected chi connectivity index (χ1v) is 5.13. The molecule has 0 atom stereocenters. The van der Waals surface area contributed by atoms with E-state index in [1.54, 1.807) is 0 Å². The zero-order valence-electron chi connectivity index (χ0n) is 9.00. The van der Waals surface area contributed by atoms with E-state index in [0.29, 0.717) is 0 Å². The Morgan fingerprint density at radius 2 is 1.93 bits per heavy atom. The van der Waals surface area contributed by atoms with Crippen LogP contribution in [0.25, 0.3) is 0 Å². The second-order valence-electron chi connectivity index (χ2n) is 3.72. The summed E-state index contributed by atoms with van der Waals surface area (Å²) < 4.78 is 0. The van der Waals surface area contributed by atoms with Gasteiger partial charge in [-0.3, -0.25) is 0 Å². The molecule has 1 aromatic carbocycles. The van der Waals surface area contributed by atoms with Gasteiger partial charge in [0, 0.05) is 6.54 Å². The maximum Gasteiger partial charge on any atom is 1.00 e. The molecule has 1 aromatic rings. The number of hydrogen-bond acceptors (Lipinski definition) is 1. The summed E-state index contributed by atoms with van der Waals surface area (Å²) in [5.41, 5.74) is 1.32. The van der Waals surface area contributed by atoms with Gasteiger partial charge in [0.1, 0.15) is 0 Å². The Labute approximate surface area is 98.7 Å². The van der Waals surface area contributed by atoms with Gasteiger partial charge in [-0.2, -0.15) is 30.3 Å². The van der Waals surface area contributed by atoms with Gasteiger partial charge in [-0.05, 0) is 25.9 Å². The predicted octanol–water partition coefficient (Wildman–Crippen LogP) is -0.523. The van der Waals surface area contributed by atoms with Gasteiger partial charge in [-0.1, -0.05) is 6.42 Å². The quantitative estimate of drug-likeness (QED) is 0.438. The van der Waals surface area contributed by atoms with Crippen LogP contribution < -0.4 is 18.9 Å². The number of nitrogens with zero attached hydrogens (tertiary/aromatic N) is 1. The van der Waals surface area contributed by atoms with Crippen molar-refractivity contribution in [2.45, 2.75) is 25.8 Å². The molecule has 0 aromatic heterocycles. The van der Waals surface area contributed by atoms with Gasteiger partial charge in [0.25, 0.3) is 0 Å². The number of rotatable bonds is 2. The van der Waals surface area contributed by atoms with Crippen molar-refractivity contribution in [2.24, 2.45) is 0 Å². The Morgan fingerprint density at radius 1 is 1.14 bits per heavy atom. The molecule has 1 heterocycles. The van der Waals surface area contributed by atoms with Crippen LogP contribution in [0.3, 0.4) is 0 Å². The molecule has 0 radical (unpaired) electrons. The fraction of sp³-hybridized carbons (Fsp3) is 0.500. The van der Waals surface area contributed by atoms with Crippen LogP contribution in [-0.4, -0.2) is 18.0 Å². The third-order valence-electron chi connectivity index (χ3n) is 2.62. The first kappa shape index (κ1) is 11.8. The Balaban J connectivity index is 0.000000980. The second-order valence-corrected chi connectivity index (χ2v) is 3.72. The molecule has 2 rings (SSSR count). The van der Waals surface area contributed by atoms with Crippen molar-refractivity contribution in [3.63, 3.8) is 0 Å². The van der Waals surface area contributed by atoms with E-state index in [9.17, 15) is 0 Å². The minimum absolute atomic E-state index is 0. The van der Waals surface area contributed by atoms with E-state index in [2.05, 4.69) is 23.1 Å². The summed E-state index contributed by atoms with van der Waals surface area (Å²) in [5, 5.41) is 0. The molecule has 1 saturated heterocycles. The Kier molecular flexibility index (Phi) is 5.33. The van der Waals surface area contributed by atoms with E-state index >= 15 is 0 Å². The van der Waals surface area contributed by atoms with Crippen LogP contribution in [0.1, 0.15) is 24.8 Å². The largest absolute Gasteiger partial charge is 1.00 e. The van der Waals surface area contributed by atoms with Crippen LogP contribution >= 0.6 is 0 Å². The summed E-state index contributed by atoms with van der Waals surface area (Å²) in [7, 11) is 0. The average molecular weight is 181 g/mol. The molecule has 1 nitrogen and oxygen atoms in total. The average Bonchev–Trinajstić information content (AvgIpc) is 2.21. The summed E-state index contributed by atoms with van der Waals surface area (Å²) >= 11 is 0. The van der Waals surface area contributed by atoms with Crippen LogP contribution in [0.2, 0.25) is 0 Å². The van der Waals surface area contributed by atoms with E-state index < -0.39 is 0 Å². The SMILES string of the molecule is [Li+].[c-]1ccccc1CN1CCCCC1. The summed E-state index contributed by atoms with van der Waals surface area (Å²) in [4.78, 5) is 2.52. The zero-order valence-corrected chi connectivity index (χ0v) is 9.00. The van der Waals surface area contributed by atoms with Gasteiger partial charge in [0.15, 0.2) is 0 Å². The maximum absolute atomic E-state index is 3.27. The molecule has 0 amide bonds. The van der Waals surface area contributed by atoms with Gasteiger partial charge < -0.3 is 4.90 Å². The van der Waals surface area contributed by atoms with Crippen molar-refractivity contribution >= 4 is 0 Å². The fourth-order valence-electron chi connectivity index (χ4n) is 1.89. The van der Waals surface area contributed by atoms with Crippen molar-refractivity contribution in [3.05, 3.63) is 35.9 Å². The smallest absolute Gasteiger partial charge is 0.301 e. The molecular formula is C12H16LiN. The summed E-state index contributed by atoms with van der Waals surface area (Å²) in [6.07, 6.45) is 4.15. The standard InChI is InChI=1S/C12H16N.Li/c1-3-7-12(8-4-1)11-13-9-5-2-6-10-13;/h1,3-4,7H,2,5-6,9-11H2;/q-1;+1. The molecular weight excluding hydrogens is 165 g/mol. The summed E-state index contributed by atoms with van der Waals surface area (Å²) in [6.45, 7) is 3.62. The van der Waals surface area contributed by atoms with Crippen LogP contribution in [0.15, 0.2) is 24.3 Å².